The second-order valence-corrected chi connectivity index (χ2v) is 8.32. The van der Waals surface area contributed by atoms with Crippen LogP contribution in [0.15, 0.2) is 24.3 Å². The van der Waals surface area contributed by atoms with Crippen molar-refractivity contribution in [3.05, 3.63) is 39.9 Å². The summed E-state index contributed by atoms with van der Waals surface area (Å²) in [6.45, 7) is 2.22. The van der Waals surface area contributed by atoms with Crippen molar-refractivity contribution in [3.8, 4) is 0 Å². The highest BCUT2D eigenvalue weighted by atomic mass is 32.2. The van der Waals surface area contributed by atoms with Crippen LogP contribution in [0.3, 0.4) is 0 Å². The number of amides is 1. The highest BCUT2D eigenvalue weighted by Gasteiger charge is 2.28. The van der Waals surface area contributed by atoms with E-state index in [1.165, 1.54) is 12.1 Å². The predicted molar refractivity (Wildman–Crippen MR) is 109 cm³/mol. The van der Waals surface area contributed by atoms with Crippen LogP contribution in [0.5, 0.6) is 0 Å². The van der Waals surface area contributed by atoms with Crippen LogP contribution in [0.2, 0.25) is 0 Å². The second kappa shape index (κ2) is 11.0. The summed E-state index contributed by atoms with van der Waals surface area (Å²) in [5, 5.41) is 13.6. The largest absolute Gasteiger partial charge is 0.459 e. The summed E-state index contributed by atoms with van der Waals surface area (Å²) in [5.41, 5.74) is 0.650. The molecule has 1 aromatic rings. The van der Waals surface area contributed by atoms with Gasteiger partial charge in [-0.25, -0.2) is 4.79 Å². The Morgan fingerprint density at radius 2 is 1.89 bits per heavy atom. The van der Waals surface area contributed by atoms with Gasteiger partial charge in [-0.05, 0) is 67.7 Å². The molecule has 0 aromatic heterocycles. The number of carbonyl (C=O) groups is 2. The maximum atomic E-state index is 12.6. The smallest absolute Gasteiger partial charge is 0.328 e. The molecule has 1 fully saturated rings. The molecule has 0 saturated heterocycles. The van der Waals surface area contributed by atoms with E-state index < -0.39 is 16.9 Å². The quantitative estimate of drug-likeness (QED) is 0.380. The van der Waals surface area contributed by atoms with E-state index >= 15 is 0 Å². The molecule has 1 aromatic carbocycles. The molecule has 1 N–H and O–H groups in total. The maximum Gasteiger partial charge on any atom is 0.328 e. The maximum absolute atomic E-state index is 12.6. The molecule has 1 amide bonds. The van der Waals surface area contributed by atoms with Gasteiger partial charge in [-0.1, -0.05) is 6.92 Å². The lowest BCUT2D eigenvalue weighted by Gasteiger charge is -2.27. The Balaban J connectivity index is 1.90. The van der Waals surface area contributed by atoms with Crippen LogP contribution < -0.4 is 5.32 Å². The van der Waals surface area contributed by atoms with Gasteiger partial charge in [0.15, 0.2) is 0 Å². The standard InChI is InChI=1S/C20H28N2O5S/c1-14-3-7-16(8-4-14)19(23)21-18(11-12-28-2)20(24)27-13-15-5-9-17(10-6-15)22(25)26/h5-6,9-10,14,16,18H,3-4,7-8,11-13H2,1-2H3,(H,21,23). The number of thioether (sulfide) groups is 1. The van der Waals surface area contributed by atoms with Gasteiger partial charge in [0.05, 0.1) is 4.92 Å². The van der Waals surface area contributed by atoms with E-state index in [0.717, 1.165) is 31.4 Å². The predicted octanol–water partition coefficient (Wildman–Crippen LogP) is 3.70. The monoisotopic (exact) mass is 408 g/mol. The summed E-state index contributed by atoms with van der Waals surface area (Å²) in [5.74, 6) is 0.827. The average molecular weight is 409 g/mol. The van der Waals surface area contributed by atoms with Crippen molar-refractivity contribution in [3.63, 3.8) is 0 Å². The summed E-state index contributed by atoms with van der Waals surface area (Å²) in [7, 11) is 0. The lowest BCUT2D eigenvalue weighted by molar-refractivity contribution is -0.384. The van der Waals surface area contributed by atoms with Gasteiger partial charge in [0.25, 0.3) is 5.69 Å². The van der Waals surface area contributed by atoms with Crippen molar-refractivity contribution in [2.45, 2.75) is 51.7 Å². The Bertz CT molecular complexity index is 672. The van der Waals surface area contributed by atoms with Gasteiger partial charge in [-0.15, -0.1) is 0 Å². The van der Waals surface area contributed by atoms with E-state index in [1.807, 2.05) is 6.26 Å². The van der Waals surface area contributed by atoms with Gasteiger partial charge in [0, 0.05) is 18.1 Å². The fourth-order valence-corrected chi connectivity index (χ4v) is 3.74. The number of rotatable bonds is 9. The number of hydrogen-bond acceptors (Lipinski definition) is 6. The number of hydrogen-bond donors (Lipinski definition) is 1. The fraction of sp³-hybridized carbons (Fsp3) is 0.600. The first-order valence-electron chi connectivity index (χ1n) is 9.60. The van der Waals surface area contributed by atoms with Crippen molar-refractivity contribution in [1.29, 1.82) is 0 Å². The summed E-state index contributed by atoms with van der Waals surface area (Å²) in [6, 6.07) is 5.20. The molecule has 0 radical (unpaired) electrons. The first kappa shape index (κ1) is 22.2. The molecule has 2 rings (SSSR count). The Morgan fingerprint density at radius 3 is 2.46 bits per heavy atom. The number of nitrogens with one attached hydrogen (secondary N) is 1. The molecule has 1 aliphatic carbocycles. The minimum Gasteiger partial charge on any atom is -0.459 e. The number of nitro benzene ring substituents is 1. The normalized spacial score (nSPS) is 20.2. The molecule has 1 atom stereocenters. The molecule has 7 nitrogen and oxygen atoms in total. The van der Waals surface area contributed by atoms with Crippen molar-refractivity contribution in [1.82, 2.24) is 5.32 Å². The lowest BCUT2D eigenvalue weighted by atomic mass is 9.82. The van der Waals surface area contributed by atoms with Crippen LogP contribution in [0, 0.1) is 22.0 Å². The number of nitro groups is 1. The molecule has 8 heteroatoms. The van der Waals surface area contributed by atoms with Crippen LogP contribution in [-0.2, 0) is 20.9 Å². The highest BCUT2D eigenvalue weighted by molar-refractivity contribution is 7.98. The summed E-state index contributed by atoms with van der Waals surface area (Å²) < 4.78 is 5.36. The molecule has 0 heterocycles. The molecule has 154 valence electrons. The SMILES string of the molecule is CSCCC(NC(=O)C1CCC(C)CC1)C(=O)OCc1ccc([N+](=O)[O-])cc1. The summed E-state index contributed by atoms with van der Waals surface area (Å²) >= 11 is 1.61. The number of ether oxygens (including phenoxy) is 1. The molecule has 1 saturated carbocycles. The number of non-ortho nitro benzene ring substituents is 1. The minimum absolute atomic E-state index is 0.0120. The highest BCUT2D eigenvalue weighted by Crippen LogP contribution is 2.28. The van der Waals surface area contributed by atoms with Gasteiger partial charge in [0.2, 0.25) is 5.91 Å². The number of carbonyl (C=O) groups excluding carboxylic acids is 2. The van der Waals surface area contributed by atoms with Gasteiger partial charge in [-0.3, -0.25) is 14.9 Å². The molecular weight excluding hydrogens is 380 g/mol. The van der Waals surface area contributed by atoms with E-state index in [9.17, 15) is 19.7 Å². The Kier molecular flexibility index (Phi) is 8.76. The number of benzene rings is 1. The van der Waals surface area contributed by atoms with Crippen molar-refractivity contribution in [2.24, 2.45) is 11.8 Å². The van der Waals surface area contributed by atoms with Gasteiger partial charge in [-0.2, -0.15) is 11.8 Å². The van der Waals surface area contributed by atoms with Crippen LogP contribution >= 0.6 is 11.8 Å². The van der Waals surface area contributed by atoms with Crippen LogP contribution in [0.25, 0.3) is 0 Å². The molecule has 0 bridgehead atoms. The average Bonchev–Trinajstić information content (AvgIpc) is 2.69. The molecule has 1 unspecified atom stereocenters. The third-order valence-electron chi connectivity index (χ3n) is 5.13. The van der Waals surface area contributed by atoms with E-state index in [1.54, 1.807) is 23.9 Å². The van der Waals surface area contributed by atoms with Crippen LogP contribution in [0.4, 0.5) is 5.69 Å². The molecule has 0 spiro atoms. The van der Waals surface area contributed by atoms with E-state index in [4.69, 9.17) is 4.74 Å². The van der Waals surface area contributed by atoms with E-state index in [0.29, 0.717) is 17.9 Å². The number of nitrogens with zero attached hydrogens (tertiary/aromatic N) is 1. The Hall–Kier alpha value is -2.09. The van der Waals surface area contributed by atoms with Crippen molar-refractivity contribution < 1.29 is 19.2 Å². The third-order valence-corrected chi connectivity index (χ3v) is 5.77. The molecular formula is C20H28N2O5S. The number of esters is 1. The first-order chi connectivity index (χ1) is 13.4. The zero-order valence-electron chi connectivity index (χ0n) is 16.4. The summed E-state index contributed by atoms with van der Waals surface area (Å²) in [4.78, 5) is 35.3. The first-order valence-corrected chi connectivity index (χ1v) is 11.0. The zero-order chi connectivity index (χ0) is 20.5. The van der Waals surface area contributed by atoms with Gasteiger partial charge < -0.3 is 10.1 Å². The van der Waals surface area contributed by atoms with Gasteiger partial charge in [0.1, 0.15) is 12.6 Å². The van der Waals surface area contributed by atoms with Gasteiger partial charge >= 0.3 is 5.97 Å². The molecule has 1 aliphatic rings. The Labute approximate surface area is 169 Å². The molecule has 0 aliphatic heterocycles. The second-order valence-electron chi connectivity index (χ2n) is 7.33. The topological polar surface area (TPSA) is 98.5 Å². The van der Waals surface area contributed by atoms with Crippen LogP contribution in [0.1, 0.15) is 44.6 Å². The fourth-order valence-electron chi connectivity index (χ4n) is 3.27. The van der Waals surface area contributed by atoms with E-state index in [-0.39, 0.29) is 24.1 Å². The van der Waals surface area contributed by atoms with Crippen molar-refractivity contribution in [2.75, 3.05) is 12.0 Å². The van der Waals surface area contributed by atoms with Crippen molar-refractivity contribution >= 4 is 29.3 Å². The summed E-state index contributed by atoms with van der Waals surface area (Å²) in [6.07, 6.45) is 6.26. The third kappa shape index (κ3) is 6.82. The van der Waals surface area contributed by atoms with E-state index in [2.05, 4.69) is 12.2 Å². The minimum atomic E-state index is -0.669. The molecule has 28 heavy (non-hydrogen) atoms. The Morgan fingerprint density at radius 1 is 1.25 bits per heavy atom. The lowest BCUT2D eigenvalue weighted by Crippen LogP contribution is -2.45. The van der Waals surface area contributed by atoms with Crippen LogP contribution in [-0.4, -0.2) is 34.9 Å². The zero-order valence-corrected chi connectivity index (χ0v) is 17.2.